The molecule has 0 N–H and O–H groups in total. The van der Waals surface area contributed by atoms with E-state index in [1.807, 2.05) is 6.07 Å². The molecule has 3 rings (SSSR count). The monoisotopic (exact) mass is 285 g/mol. The van der Waals surface area contributed by atoms with E-state index in [0.717, 1.165) is 12.3 Å². The zero-order valence-corrected chi connectivity index (χ0v) is 12.2. The van der Waals surface area contributed by atoms with Crippen LogP contribution in [0, 0.1) is 41.9 Å². The van der Waals surface area contributed by atoms with E-state index in [0.29, 0.717) is 23.8 Å². The van der Waals surface area contributed by atoms with Gasteiger partial charge in [0.25, 0.3) is 0 Å². The minimum Gasteiger partial charge on any atom is -0.461 e. The maximum atomic E-state index is 12.4. The van der Waals surface area contributed by atoms with Crippen molar-refractivity contribution in [1.29, 1.82) is 5.26 Å². The molecule has 21 heavy (non-hydrogen) atoms. The molecular weight excluding hydrogens is 266 g/mol. The van der Waals surface area contributed by atoms with Gasteiger partial charge in [-0.15, -0.1) is 0 Å². The molecule has 4 unspecified atom stereocenters. The topological polar surface area (TPSA) is 71.1 Å². The first-order chi connectivity index (χ1) is 10.1. The van der Waals surface area contributed by atoms with Crippen LogP contribution in [0.1, 0.15) is 48.2 Å². The number of nitrogens with zero attached hydrogens (tertiary/aromatic N) is 1. The summed E-state index contributed by atoms with van der Waals surface area (Å²) >= 11 is 0. The van der Waals surface area contributed by atoms with Crippen LogP contribution in [0.3, 0.4) is 0 Å². The average molecular weight is 285 g/mol. The number of hydrogen-bond acceptors (Lipinski definition) is 4. The fourth-order valence-electron chi connectivity index (χ4n) is 4.04. The van der Waals surface area contributed by atoms with Crippen LogP contribution >= 0.6 is 0 Å². The largest absolute Gasteiger partial charge is 0.461 e. The number of aryl methyl sites for hydroxylation is 1. The van der Waals surface area contributed by atoms with Crippen molar-refractivity contribution in [3.8, 4) is 6.07 Å². The lowest BCUT2D eigenvalue weighted by Gasteiger charge is -2.21. The van der Waals surface area contributed by atoms with Crippen molar-refractivity contribution < 1.29 is 14.0 Å². The summed E-state index contributed by atoms with van der Waals surface area (Å²) in [7, 11) is 0. The number of rotatable bonds is 5. The van der Waals surface area contributed by atoms with Crippen molar-refractivity contribution in [1.82, 2.24) is 0 Å². The number of ketones is 2. The van der Waals surface area contributed by atoms with Gasteiger partial charge in [0.1, 0.15) is 0 Å². The van der Waals surface area contributed by atoms with Gasteiger partial charge in [0, 0.05) is 6.42 Å². The summed E-state index contributed by atoms with van der Waals surface area (Å²) in [5.74, 6) is -0.0477. The van der Waals surface area contributed by atoms with E-state index >= 15 is 0 Å². The minimum absolute atomic E-state index is 0.142. The standard InChI is InChI=1S/C17H19NO3/c1-10-4-5-21-17(10)16(20)14(9-18)15(19)8-13-7-11-2-3-12(13)6-11/h4-5,11-14H,2-3,6-8H2,1H3. The second-order valence-corrected chi connectivity index (χ2v) is 6.46. The Hall–Kier alpha value is -1.89. The van der Waals surface area contributed by atoms with Gasteiger partial charge in [-0.2, -0.15) is 5.26 Å². The maximum Gasteiger partial charge on any atom is 0.222 e. The summed E-state index contributed by atoms with van der Waals surface area (Å²) in [6.45, 7) is 1.74. The Morgan fingerprint density at radius 3 is 2.76 bits per heavy atom. The Balaban J connectivity index is 1.69. The van der Waals surface area contributed by atoms with Crippen molar-refractivity contribution in [2.75, 3.05) is 0 Å². The molecule has 2 aliphatic rings. The first kappa shape index (κ1) is 14.1. The third kappa shape index (κ3) is 2.53. The van der Waals surface area contributed by atoms with Gasteiger partial charge in [-0.3, -0.25) is 9.59 Å². The Morgan fingerprint density at radius 1 is 1.43 bits per heavy atom. The fraction of sp³-hybridized carbons (Fsp3) is 0.588. The van der Waals surface area contributed by atoms with E-state index in [-0.39, 0.29) is 11.5 Å². The van der Waals surface area contributed by atoms with E-state index < -0.39 is 11.7 Å². The third-order valence-corrected chi connectivity index (χ3v) is 5.15. The van der Waals surface area contributed by atoms with Crippen LogP contribution < -0.4 is 0 Å². The molecule has 1 aromatic heterocycles. The molecule has 0 spiro atoms. The van der Waals surface area contributed by atoms with Crippen LogP contribution in [0.25, 0.3) is 0 Å². The van der Waals surface area contributed by atoms with Gasteiger partial charge in [0.15, 0.2) is 17.5 Å². The Labute approximate surface area is 124 Å². The Morgan fingerprint density at radius 2 is 2.24 bits per heavy atom. The summed E-state index contributed by atoms with van der Waals surface area (Å²) in [5, 5.41) is 9.23. The highest BCUT2D eigenvalue weighted by atomic mass is 16.3. The lowest BCUT2D eigenvalue weighted by Crippen LogP contribution is -2.26. The lowest BCUT2D eigenvalue weighted by molar-refractivity contribution is -0.121. The quantitative estimate of drug-likeness (QED) is 0.614. The molecule has 4 heteroatoms. The van der Waals surface area contributed by atoms with E-state index in [2.05, 4.69) is 0 Å². The zero-order chi connectivity index (χ0) is 15.0. The SMILES string of the molecule is Cc1ccoc1C(=O)C(C#N)C(=O)CC1CC2CCC1C2. The number of carbonyl (C=O) groups excluding carboxylic acids is 2. The molecule has 2 aliphatic carbocycles. The van der Waals surface area contributed by atoms with Gasteiger partial charge >= 0.3 is 0 Å². The normalized spacial score (nSPS) is 28.3. The Bertz CT molecular complexity index is 610. The molecule has 0 saturated heterocycles. The third-order valence-electron chi connectivity index (χ3n) is 5.15. The molecule has 2 fully saturated rings. The molecule has 0 amide bonds. The first-order valence-electron chi connectivity index (χ1n) is 7.60. The number of fused-ring (bicyclic) bond motifs is 2. The van der Waals surface area contributed by atoms with Crippen molar-refractivity contribution >= 4 is 11.6 Å². The predicted octanol–water partition coefficient (Wildman–Crippen LogP) is 3.31. The first-order valence-corrected chi connectivity index (χ1v) is 7.60. The van der Waals surface area contributed by atoms with Crippen LogP contribution in [0.5, 0.6) is 0 Å². The van der Waals surface area contributed by atoms with Crippen LogP contribution in [0.2, 0.25) is 0 Å². The predicted molar refractivity (Wildman–Crippen MR) is 75.4 cm³/mol. The van der Waals surface area contributed by atoms with Crippen LogP contribution in [0.4, 0.5) is 0 Å². The highest BCUT2D eigenvalue weighted by molar-refractivity contribution is 6.12. The van der Waals surface area contributed by atoms with Gasteiger partial charge < -0.3 is 4.42 Å². The minimum atomic E-state index is -1.21. The molecule has 0 aliphatic heterocycles. The van der Waals surface area contributed by atoms with Crippen molar-refractivity contribution in [2.45, 2.75) is 39.0 Å². The molecule has 2 bridgehead atoms. The molecule has 1 heterocycles. The smallest absolute Gasteiger partial charge is 0.222 e. The summed E-state index contributed by atoms with van der Waals surface area (Å²) in [6.07, 6.45) is 6.57. The number of furan rings is 1. The second kappa shape index (κ2) is 5.48. The molecule has 0 aromatic carbocycles. The number of nitriles is 1. The summed E-state index contributed by atoms with van der Waals surface area (Å²) in [5.41, 5.74) is 0.674. The van der Waals surface area contributed by atoms with Crippen molar-refractivity contribution in [3.05, 3.63) is 23.7 Å². The Kier molecular flexibility index (Phi) is 3.67. The number of Topliss-reactive ketones (excluding diaryl/α,β-unsaturated/α-hetero) is 2. The van der Waals surface area contributed by atoms with E-state index in [9.17, 15) is 14.9 Å². The molecular formula is C17H19NO3. The van der Waals surface area contributed by atoms with Gasteiger partial charge in [0.05, 0.1) is 12.3 Å². The molecule has 2 saturated carbocycles. The van der Waals surface area contributed by atoms with Crippen LogP contribution in [-0.4, -0.2) is 11.6 Å². The number of hydrogen-bond donors (Lipinski definition) is 0. The maximum absolute atomic E-state index is 12.4. The van der Waals surface area contributed by atoms with Crippen molar-refractivity contribution in [3.63, 3.8) is 0 Å². The summed E-state index contributed by atoms with van der Waals surface area (Å²) in [4.78, 5) is 24.7. The molecule has 1 aromatic rings. The molecule has 4 atom stereocenters. The van der Waals surface area contributed by atoms with Gasteiger partial charge in [0.2, 0.25) is 5.78 Å². The second-order valence-electron chi connectivity index (χ2n) is 6.46. The van der Waals surface area contributed by atoms with Gasteiger partial charge in [-0.25, -0.2) is 0 Å². The van der Waals surface area contributed by atoms with Crippen LogP contribution in [0.15, 0.2) is 16.7 Å². The highest BCUT2D eigenvalue weighted by Crippen LogP contribution is 2.49. The fourth-order valence-corrected chi connectivity index (χ4v) is 4.04. The highest BCUT2D eigenvalue weighted by Gasteiger charge is 2.42. The van der Waals surface area contributed by atoms with E-state index in [4.69, 9.17) is 4.42 Å². The summed E-state index contributed by atoms with van der Waals surface area (Å²) < 4.78 is 5.13. The zero-order valence-electron chi connectivity index (χ0n) is 12.2. The number of carbonyl (C=O) groups is 2. The molecule has 0 radical (unpaired) electrons. The molecule has 110 valence electrons. The van der Waals surface area contributed by atoms with Crippen LogP contribution in [-0.2, 0) is 4.79 Å². The van der Waals surface area contributed by atoms with E-state index in [1.165, 1.54) is 25.5 Å². The average Bonchev–Trinajstić information content (AvgIpc) is 3.15. The summed E-state index contributed by atoms with van der Waals surface area (Å²) in [6, 6.07) is 3.54. The van der Waals surface area contributed by atoms with Gasteiger partial charge in [-0.1, -0.05) is 6.42 Å². The van der Waals surface area contributed by atoms with E-state index in [1.54, 1.807) is 13.0 Å². The lowest BCUT2D eigenvalue weighted by atomic mass is 9.82. The molecule has 4 nitrogen and oxygen atoms in total. The van der Waals surface area contributed by atoms with Gasteiger partial charge in [-0.05, 0) is 55.6 Å². The van der Waals surface area contributed by atoms with Crippen molar-refractivity contribution in [2.24, 2.45) is 23.7 Å².